The molecule has 1 heterocycles. The van der Waals surface area contributed by atoms with Gasteiger partial charge in [-0.25, -0.2) is 4.79 Å². The molecule has 1 aromatic heterocycles. The van der Waals surface area contributed by atoms with Gasteiger partial charge in [0, 0.05) is 29.0 Å². The molecule has 0 aliphatic rings. The largest absolute Gasteiger partial charge is 0.477 e. The maximum Gasteiger partial charge on any atom is 0.341 e. The highest BCUT2D eigenvalue weighted by atomic mass is 79.9. The molecule has 0 atom stereocenters. The average molecular weight is 322 g/mol. The minimum atomic E-state index is -1.20. The van der Waals surface area contributed by atoms with Gasteiger partial charge in [-0.2, -0.15) is 0 Å². The second kappa shape index (κ2) is 5.01. The lowest BCUT2D eigenvalue weighted by molar-refractivity contribution is 0.0693. The summed E-state index contributed by atoms with van der Waals surface area (Å²) >= 11 is 3.32. The zero-order valence-electron chi connectivity index (χ0n) is 10.5. The Hall–Kier alpha value is -1.88. The molecule has 0 saturated heterocycles. The molecule has 5 heteroatoms. The smallest absolute Gasteiger partial charge is 0.341 e. The number of aromatic nitrogens is 1. The molecular formula is C14H12BrNO3. The summed E-state index contributed by atoms with van der Waals surface area (Å²) in [4.78, 5) is 23.5. The van der Waals surface area contributed by atoms with Crippen molar-refractivity contribution >= 4 is 21.9 Å². The first kappa shape index (κ1) is 13.5. The summed E-state index contributed by atoms with van der Waals surface area (Å²) < 4.78 is 2.56. The van der Waals surface area contributed by atoms with Crippen LogP contribution in [0, 0.1) is 6.92 Å². The Morgan fingerprint density at radius 1 is 1.26 bits per heavy atom. The summed E-state index contributed by atoms with van der Waals surface area (Å²) in [5.41, 5.74) is 0.899. The van der Waals surface area contributed by atoms with Crippen molar-refractivity contribution in [1.82, 2.24) is 4.57 Å². The number of hydrogen-bond acceptors (Lipinski definition) is 2. The molecule has 0 amide bonds. The standard InChI is InChI=1S/C14H12BrNO3/c1-8-12(14(18)19)13(17)11(7-16(8)2)9-3-5-10(15)6-4-9/h3-7H,1-2H3,(H,18,19). The summed E-state index contributed by atoms with van der Waals surface area (Å²) in [6.07, 6.45) is 1.66. The van der Waals surface area contributed by atoms with Gasteiger partial charge in [0.05, 0.1) is 0 Å². The van der Waals surface area contributed by atoms with Gasteiger partial charge >= 0.3 is 5.97 Å². The van der Waals surface area contributed by atoms with E-state index in [0.717, 1.165) is 4.47 Å². The molecule has 0 unspecified atom stereocenters. The van der Waals surface area contributed by atoms with Crippen molar-refractivity contribution in [1.29, 1.82) is 0 Å². The molecule has 2 aromatic rings. The molecule has 0 aliphatic heterocycles. The van der Waals surface area contributed by atoms with Gasteiger partial charge in [-0.3, -0.25) is 4.79 Å². The first-order valence-electron chi connectivity index (χ1n) is 5.61. The van der Waals surface area contributed by atoms with Gasteiger partial charge in [-0.05, 0) is 24.6 Å². The first-order valence-corrected chi connectivity index (χ1v) is 6.40. The van der Waals surface area contributed by atoms with Crippen LogP contribution in [0.3, 0.4) is 0 Å². The summed E-state index contributed by atoms with van der Waals surface area (Å²) in [5, 5.41) is 9.17. The van der Waals surface area contributed by atoms with Crippen molar-refractivity contribution in [3.8, 4) is 11.1 Å². The number of rotatable bonds is 2. The number of pyridine rings is 1. The van der Waals surface area contributed by atoms with E-state index < -0.39 is 11.4 Å². The Labute approximate surface area is 118 Å². The zero-order chi connectivity index (χ0) is 14.2. The van der Waals surface area contributed by atoms with E-state index in [1.54, 1.807) is 36.9 Å². The maximum atomic E-state index is 12.3. The van der Waals surface area contributed by atoms with Crippen LogP contribution in [0.5, 0.6) is 0 Å². The predicted molar refractivity (Wildman–Crippen MR) is 76.5 cm³/mol. The molecule has 2 rings (SSSR count). The molecule has 1 aromatic carbocycles. The van der Waals surface area contributed by atoms with E-state index in [-0.39, 0.29) is 5.56 Å². The fourth-order valence-corrected chi connectivity index (χ4v) is 2.18. The first-order chi connectivity index (χ1) is 8.91. The molecule has 1 N–H and O–H groups in total. The lowest BCUT2D eigenvalue weighted by Gasteiger charge is -2.11. The van der Waals surface area contributed by atoms with Gasteiger partial charge in [0.25, 0.3) is 0 Å². The summed E-state index contributed by atoms with van der Waals surface area (Å²) in [6, 6.07) is 7.19. The van der Waals surface area contributed by atoms with Gasteiger partial charge < -0.3 is 9.67 Å². The van der Waals surface area contributed by atoms with Crippen molar-refractivity contribution in [2.45, 2.75) is 6.92 Å². The highest BCUT2D eigenvalue weighted by Crippen LogP contribution is 2.20. The van der Waals surface area contributed by atoms with E-state index in [9.17, 15) is 9.59 Å². The number of benzene rings is 1. The molecule has 0 aliphatic carbocycles. The quantitative estimate of drug-likeness (QED) is 0.925. The molecule has 0 radical (unpaired) electrons. The molecule has 98 valence electrons. The van der Waals surface area contributed by atoms with Gasteiger partial charge in [0.15, 0.2) is 0 Å². The number of halogens is 1. The molecule has 0 fully saturated rings. The Kier molecular flexibility index (Phi) is 3.57. The third-order valence-corrected chi connectivity index (χ3v) is 3.58. The Morgan fingerprint density at radius 2 is 1.84 bits per heavy atom. The summed E-state index contributed by atoms with van der Waals surface area (Å²) in [6.45, 7) is 1.62. The number of hydrogen-bond donors (Lipinski definition) is 1. The molecule has 0 saturated carbocycles. The van der Waals surface area contributed by atoms with Crippen molar-refractivity contribution in [2.75, 3.05) is 0 Å². The zero-order valence-corrected chi connectivity index (χ0v) is 12.1. The number of aromatic carboxylic acids is 1. The lowest BCUT2D eigenvalue weighted by atomic mass is 10.0. The molecule has 0 spiro atoms. The Morgan fingerprint density at radius 3 is 2.37 bits per heavy atom. The minimum absolute atomic E-state index is 0.178. The number of nitrogens with zero attached hydrogens (tertiary/aromatic N) is 1. The Balaban J connectivity index is 2.75. The predicted octanol–water partition coefficient (Wildman–Crippen LogP) is 2.82. The minimum Gasteiger partial charge on any atom is -0.477 e. The topological polar surface area (TPSA) is 59.3 Å². The fraction of sp³-hybridized carbons (Fsp3) is 0.143. The van der Waals surface area contributed by atoms with Gasteiger partial charge in [0.1, 0.15) is 5.56 Å². The number of carbonyl (C=O) groups is 1. The van der Waals surface area contributed by atoms with Crippen molar-refractivity contribution in [3.05, 3.63) is 56.4 Å². The molecular weight excluding hydrogens is 310 g/mol. The summed E-state index contributed by atoms with van der Waals surface area (Å²) in [7, 11) is 1.73. The number of aryl methyl sites for hydroxylation is 1. The van der Waals surface area contributed by atoms with E-state index in [0.29, 0.717) is 16.8 Å². The average Bonchev–Trinajstić information content (AvgIpc) is 2.35. The van der Waals surface area contributed by atoms with Crippen molar-refractivity contribution in [3.63, 3.8) is 0 Å². The van der Waals surface area contributed by atoms with E-state index in [1.165, 1.54) is 0 Å². The number of carboxylic acids is 1. The van der Waals surface area contributed by atoms with E-state index in [1.807, 2.05) is 12.1 Å². The van der Waals surface area contributed by atoms with Crippen LogP contribution in [0.1, 0.15) is 16.1 Å². The van der Waals surface area contributed by atoms with Crippen LogP contribution >= 0.6 is 15.9 Å². The van der Waals surface area contributed by atoms with E-state index >= 15 is 0 Å². The normalized spacial score (nSPS) is 10.5. The van der Waals surface area contributed by atoms with Crippen LogP contribution < -0.4 is 5.43 Å². The van der Waals surface area contributed by atoms with Crippen LogP contribution in [-0.2, 0) is 7.05 Å². The van der Waals surface area contributed by atoms with Crippen LogP contribution in [0.25, 0.3) is 11.1 Å². The van der Waals surface area contributed by atoms with Crippen molar-refractivity contribution in [2.24, 2.45) is 7.05 Å². The van der Waals surface area contributed by atoms with Gasteiger partial charge in [-0.15, -0.1) is 0 Å². The monoisotopic (exact) mass is 321 g/mol. The van der Waals surface area contributed by atoms with Crippen LogP contribution in [0.4, 0.5) is 0 Å². The second-order valence-electron chi connectivity index (χ2n) is 4.26. The molecule has 19 heavy (non-hydrogen) atoms. The van der Waals surface area contributed by atoms with Gasteiger partial charge in [-0.1, -0.05) is 28.1 Å². The van der Waals surface area contributed by atoms with Gasteiger partial charge in [0.2, 0.25) is 5.43 Å². The number of carboxylic acid groups (broad SMARTS) is 1. The fourth-order valence-electron chi connectivity index (χ4n) is 1.91. The third kappa shape index (κ3) is 2.46. The highest BCUT2D eigenvalue weighted by molar-refractivity contribution is 9.10. The lowest BCUT2D eigenvalue weighted by Crippen LogP contribution is -2.22. The molecule has 0 bridgehead atoms. The highest BCUT2D eigenvalue weighted by Gasteiger charge is 2.18. The van der Waals surface area contributed by atoms with Crippen LogP contribution in [-0.4, -0.2) is 15.6 Å². The summed E-state index contributed by atoms with van der Waals surface area (Å²) in [5.74, 6) is -1.20. The second-order valence-corrected chi connectivity index (χ2v) is 5.17. The van der Waals surface area contributed by atoms with E-state index in [2.05, 4.69) is 15.9 Å². The SMILES string of the molecule is Cc1c(C(=O)O)c(=O)c(-c2ccc(Br)cc2)cn1C. The molecule has 4 nitrogen and oxygen atoms in total. The third-order valence-electron chi connectivity index (χ3n) is 3.05. The maximum absolute atomic E-state index is 12.3. The van der Waals surface area contributed by atoms with Crippen LogP contribution in [0.2, 0.25) is 0 Å². The van der Waals surface area contributed by atoms with Crippen molar-refractivity contribution < 1.29 is 9.90 Å². The van der Waals surface area contributed by atoms with Crippen LogP contribution in [0.15, 0.2) is 39.7 Å². The van der Waals surface area contributed by atoms with E-state index in [4.69, 9.17) is 5.11 Å². The Bertz CT molecular complexity index is 702.